The monoisotopic (exact) mass is 212 g/mol. The van der Waals surface area contributed by atoms with Gasteiger partial charge in [-0.3, -0.25) is 4.79 Å². The maximum atomic E-state index is 12.0. The minimum Gasteiger partial charge on any atom is -0.338 e. The molecular weight excluding hydrogens is 188 g/mol. The third-order valence-electron chi connectivity index (χ3n) is 2.95. The van der Waals surface area contributed by atoms with E-state index in [1.807, 2.05) is 13.8 Å². The van der Waals surface area contributed by atoms with Crippen LogP contribution in [0.2, 0.25) is 0 Å². The molecule has 1 rings (SSSR count). The number of amides is 1. The van der Waals surface area contributed by atoms with Crippen LogP contribution in [0.15, 0.2) is 0 Å². The molecule has 0 spiro atoms. The van der Waals surface area contributed by atoms with E-state index >= 15 is 0 Å². The van der Waals surface area contributed by atoms with Crippen molar-refractivity contribution >= 4 is 5.91 Å². The van der Waals surface area contributed by atoms with Gasteiger partial charge < -0.3 is 10.2 Å². The second-order valence-electron chi connectivity index (χ2n) is 4.69. The Morgan fingerprint density at radius 2 is 2.27 bits per heavy atom. The van der Waals surface area contributed by atoms with Gasteiger partial charge in [0.05, 0.1) is 0 Å². The number of carbonyl (C=O) groups is 1. The molecule has 1 heterocycles. The number of hydrogen-bond acceptors (Lipinski definition) is 2. The lowest BCUT2D eigenvalue weighted by atomic mass is 10.0. The van der Waals surface area contributed by atoms with Crippen molar-refractivity contribution in [2.75, 3.05) is 19.6 Å². The maximum Gasteiger partial charge on any atom is 0.225 e. The molecule has 0 aromatic rings. The lowest BCUT2D eigenvalue weighted by molar-refractivity contribution is -0.137. The summed E-state index contributed by atoms with van der Waals surface area (Å²) in [4.78, 5) is 14.1. The molecule has 3 nitrogen and oxygen atoms in total. The third-order valence-corrected chi connectivity index (χ3v) is 2.95. The van der Waals surface area contributed by atoms with Crippen LogP contribution in [-0.4, -0.2) is 36.5 Å². The number of hydrogen-bond donors (Lipinski definition) is 1. The summed E-state index contributed by atoms with van der Waals surface area (Å²) in [6, 6.07) is 0.425. The summed E-state index contributed by atoms with van der Waals surface area (Å²) in [5, 5.41) is 3.37. The molecule has 1 aliphatic heterocycles. The maximum absolute atomic E-state index is 12.0. The van der Waals surface area contributed by atoms with Gasteiger partial charge in [0.25, 0.3) is 0 Å². The van der Waals surface area contributed by atoms with Crippen LogP contribution in [0.4, 0.5) is 0 Å². The normalized spacial score (nSPS) is 21.7. The van der Waals surface area contributed by atoms with Crippen molar-refractivity contribution in [3.8, 4) is 0 Å². The Labute approximate surface area is 93.2 Å². The largest absolute Gasteiger partial charge is 0.338 e. The van der Waals surface area contributed by atoms with Gasteiger partial charge in [-0.25, -0.2) is 0 Å². The predicted molar refractivity (Wildman–Crippen MR) is 62.7 cm³/mol. The Hall–Kier alpha value is -0.570. The van der Waals surface area contributed by atoms with E-state index in [1.165, 1.54) is 6.42 Å². The van der Waals surface area contributed by atoms with Crippen LogP contribution in [-0.2, 0) is 4.79 Å². The molecule has 0 bridgehead atoms. The summed E-state index contributed by atoms with van der Waals surface area (Å²) in [5.74, 6) is 0.434. The summed E-state index contributed by atoms with van der Waals surface area (Å²) in [5.41, 5.74) is 0. The van der Waals surface area contributed by atoms with Crippen LogP contribution in [0.25, 0.3) is 0 Å². The van der Waals surface area contributed by atoms with E-state index in [0.717, 1.165) is 32.5 Å². The van der Waals surface area contributed by atoms with Crippen molar-refractivity contribution in [2.45, 2.75) is 46.1 Å². The van der Waals surface area contributed by atoms with Crippen LogP contribution < -0.4 is 5.32 Å². The number of piperidine rings is 1. The molecule has 1 saturated heterocycles. The Morgan fingerprint density at radius 3 is 2.73 bits per heavy atom. The van der Waals surface area contributed by atoms with Gasteiger partial charge in [-0.05, 0) is 25.8 Å². The van der Waals surface area contributed by atoms with Gasteiger partial charge in [0.15, 0.2) is 0 Å². The van der Waals surface area contributed by atoms with Gasteiger partial charge in [0.2, 0.25) is 5.91 Å². The lowest BCUT2D eigenvalue weighted by Crippen LogP contribution is -2.50. The first-order chi connectivity index (χ1) is 7.16. The van der Waals surface area contributed by atoms with E-state index in [2.05, 4.69) is 17.1 Å². The van der Waals surface area contributed by atoms with E-state index in [9.17, 15) is 4.79 Å². The molecule has 1 amide bonds. The molecule has 1 unspecified atom stereocenters. The lowest BCUT2D eigenvalue weighted by Gasteiger charge is -2.35. The number of nitrogens with zero attached hydrogens (tertiary/aromatic N) is 1. The molecule has 1 fully saturated rings. The van der Waals surface area contributed by atoms with Crippen molar-refractivity contribution < 1.29 is 4.79 Å². The fourth-order valence-corrected chi connectivity index (χ4v) is 2.14. The topological polar surface area (TPSA) is 32.3 Å². The van der Waals surface area contributed by atoms with Crippen LogP contribution >= 0.6 is 0 Å². The Bertz CT molecular complexity index is 198. The van der Waals surface area contributed by atoms with E-state index in [4.69, 9.17) is 0 Å². The number of nitrogens with one attached hydrogen (secondary N) is 1. The second kappa shape index (κ2) is 6.11. The highest BCUT2D eigenvalue weighted by Crippen LogP contribution is 2.14. The van der Waals surface area contributed by atoms with E-state index in [1.54, 1.807) is 0 Å². The summed E-state index contributed by atoms with van der Waals surface area (Å²) in [7, 11) is 0. The molecule has 88 valence electrons. The van der Waals surface area contributed by atoms with Gasteiger partial charge in [-0.1, -0.05) is 20.8 Å². The first-order valence-electron chi connectivity index (χ1n) is 6.18. The molecule has 15 heavy (non-hydrogen) atoms. The first kappa shape index (κ1) is 12.5. The van der Waals surface area contributed by atoms with Gasteiger partial charge in [0.1, 0.15) is 0 Å². The van der Waals surface area contributed by atoms with Crippen molar-refractivity contribution in [1.29, 1.82) is 0 Å². The molecule has 3 heteroatoms. The van der Waals surface area contributed by atoms with Crippen LogP contribution in [0.3, 0.4) is 0 Å². The highest BCUT2D eigenvalue weighted by atomic mass is 16.2. The van der Waals surface area contributed by atoms with Crippen LogP contribution in [0, 0.1) is 5.92 Å². The van der Waals surface area contributed by atoms with Crippen molar-refractivity contribution in [2.24, 2.45) is 5.92 Å². The fourth-order valence-electron chi connectivity index (χ4n) is 2.14. The zero-order valence-electron chi connectivity index (χ0n) is 10.3. The summed E-state index contributed by atoms with van der Waals surface area (Å²) < 4.78 is 0. The SMILES string of the molecule is CCCN(C(=O)C(C)C)C1CCCNC1. The molecular formula is C12H24N2O. The quantitative estimate of drug-likeness (QED) is 0.768. The first-order valence-corrected chi connectivity index (χ1v) is 6.18. The van der Waals surface area contributed by atoms with Crippen LogP contribution in [0.5, 0.6) is 0 Å². The summed E-state index contributed by atoms with van der Waals surface area (Å²) in [6.45, 7) is 9.09. The van der Waals surface area contributed by atoms with Gasteiger partial charge >= 0.3 is 0 Å². The third kappa shape index (κ3) is 3.49. The minimum atomic E-state index is 0.124. The van der Waals surface area contributed by atoms with E-state index in [0.29, 0.717) is 11.9 Å². The second-order valence-corrected chi connectivity index (χ2v) is 4.69. The van der Waals surface area contributed by atoms with Crippen molar-refractivity contribution in [1.82, 2.24) is 10.2 Å². The Balaban J connectivity index is 2.58. The minimum absolute atomic E-state index is 0.124. The zero-order valence-corrected chi connectivity index (χ0v) is 10.3. The standard InChI is InChI=1S/C12H24N2O/c1-4-8-14(12(15)10(2)3)11-6-5-7-13-9-11/h10-11,13H,4-9H2,1-3H3. The Morgan fingerprint density at radius 1 is 1.53 bits per heavy atom. The number of rotatable bonds is 4. The molecule has 0 saturated carbocycles. The fraction of sp³-hybridized carbons (Fsp3) is 0.917. The molecule has 0 radical (unpaired) electrons. The number of carbonyl (C=O) groups excluding carboxylic acids is 1. The van der Waals surface area contributed by atoms with Crippen molar-refractivity contribution in [3.63, 3.8) is 0 Å². The van der Waals surface area contributed by atoms with Crippen molar-refractivity contribution in [3.05, 3.63) is 0 Å². The highest BCUT2D eigenvalue weighted by molar-refractivity contribution is 5.78. The van der Waals surface area contributed by atoms with Gasteiger partial charge in [-0.2, -0.15) is 0 Å². The average Bonchev–Trinajstić information content (AvgIpc) is 2.26. The molecule has 0 aliphatic carbocycles. The predicted octanol–water partition coefficient (Wildman–Crippen LogP) is 1.63. The molecule has 1 N–H and O–H groups in total. The Kier molecular flexibility index (Phi) is 5.09. The van der Waals surface area contributed by atoms with E-state index < -0.39 is 0 Å². The molecule has 1 atom stereocenters. The van der Waals surface area contributed by atoms with E-state index in [-0.39, 0.29) is 5.92 Å². The molecule has 1 aliphatic rings. The van der Waals surface area contributed by atoms with Gasteiger partial charge in [-0.15, -0.1) is 0 Å². The zero-order chi connectivity index (χ0) is 11.3. The van der Waals surface area contributed by atoms with Gasteiger partial charge in [0, 0.05) is 25.0 Å². The molecule has 0 aromatic heterocycles. The average molecular weight is 212 g/mol. The highest BCUT2D eigenvalue weighted by Gasteiger charge is 2.25. The smallest absolute Gasteiger partial charge is 0.225 e. The summed E-state index contributed by atoms with van der Waals surface area (Å²) >= 11 is 0. The molecule has 0 aromatic carbocycles. The van der Waals surface area contributed by atoms with Crippen LogP contribution in [0.1, 0.15) is 40.0 Å². The summed E-state index contributed by atoms with van der Waals surface area (Å²) in [6.07, 6.45) is 3.40.